The molecule has 5 nitrogen and oxygen atoms in total. The molecule has 1 atom stereocenters. The summed E-state index contributed by atoms with van der Waals surface area (Å²) in [6.07, 6.45) is 1.67. The summed E-state index contributed by atoms with van der Waals surface area (Å²) < 4.78 is 18.8. The average Bonchev–Trinajstić information content (AvgIpc) is 2.97. The molecule has 0 radical (unpaired) electrons. The van der Waals surface area contributed by atoms with E-state index in [2.05, 4.69) is 15.6 Å². The van der Waals surface area contributed by atoms with Gasteiger partial charge in [-0.3, -0.25) is 4.98 Å². The van der Waals surface area contributed by atoms with Crippen LogP contribution in [-0.4, -0.2) is 11.0 Å². The second-order valence-corrected chi connectivity index (χ2v) is 5.20. The fourth-order valence-corrected chi connectivity index (χ4v) is 2.24. The van der Waals surface area contributed by atoms with Crippen molar-refractivity contribution in [3.63, 3.8) is 0 Å². The Morgan fingerprint density at radius 1 is 1.30 bits per heavy atom. The quantitative estimate of drug-likeness (QED) is 0.774. The van der Waals surface area contributed by atoms with Crippen LogP contribution in [0.4, 0.5) is 9.18 Å². The number of benzene rings is 1. The fourth-order valence-electron chi connectivity index (χ4n) is 2.24. The standard InChI is InChI=1S/C17H16FN3O2/c1-11(16-9-12-8-13(18)5-6-15(12)23-16)21-17(22)20-10-14-4-2-3-7-19-14/h2-9,11H,10H2,1H3,(H2,20,21,22)/t11-/m0/s1. The monoisotopic (exact) mass is 313 g/mol. The van der Waals surface area contributed by atoms with E-state index in [1.54, 1.807) is 25.3 Å². The molecule has 2 N–H and O–H groups in total. The number of nitrogens with one attached hydrogen (secondary N) is 2. The van der Waals surface area contributed by atoms with Crippen LogP contribution in [0.2, 0.25) is 0 Å². The number of nitrogens with zero attached hydrogens (tertiary/aromatic N) is 1. The molecule has 6 heteroatoms. The summed E-state index contributed by atoms with van der Waals surface area (Å²) >= 11 is 0. The van der Waals surface area contributed by atoms with Crippen LogP contribution in [-0.2, 0) is 6.54 Å². The number of hydrogen-bond donors (Lipinski definition) is 2. The second-order valence-electron chi connectivity index (χ2n) is 5.20. The highest BCUT2D eigenvalue weighted by Gasteiger charge is 2.14. The number of pyridine rings is 1. The van der Waals surface area contributed by atoms with Crippen molar-refractivity contribution in [1.82, 2.24) is 15.6 Å². The minimum absolute atomic E-state index is 0.321. The predicted molar refractivity (Wildman–Crippen MR) is 84.2 cm³/mol. The van der Waals surface area contributed by atoms with Crippen LogP contribution in [0.1, 0.15) is 24.4 Å². The smallest absolute Gasteiger partial charge is 0.315 e. The largest absolute Gasteiger partial charge is 0.459 e. The van der Waals surface area contributed by atoms with Crippen molar-refractivity contribution in [1.29, 1.82) is 0 Å². The third kappa shape index (κ3) is 3.66. The number of halogens is 1. The van der Waals surface area contributed by atoms with E-state index in [-0.39, 0.29) is 17.9 Å². The van der Waals surface area contributed by atoms with Gasteiger partial charge < -0.3 is 15.1 Å². The van der Waals surface area contributed by atoms with Gasteiger partial charge in [0.15, 0.2) is 0 Å². The number of fused-ring (bicyclic) bond motifs is 1. The summed E-state index contributed by atoms with van der Waals surface area (Å²) in [4.78, 5) is 16.0. The second kappa shape index (κ2) is 6.48. The molecule has 118 valence electrons. The molecule has 2 heterocycles. The van der Waals surface area contributed by atoms with E-state index >= 15 is 0 Å². The van der Waals surface area contributed by atoms with Gasteiger partial charge in [0.05, 0.1) is 18.3 Å². The van der Waals surface area contributed by atoms with Gasteiger partial charge in [0.2, 0.25) is 0 Å². The van der Waals surface area contributed by atoms with Gasteiger partial charge in [0, 0.05) is 11.6 Å². The van der Waals surface area contributed by atoms with E-state index in [4.69, 9.17) is 4.42 Å². The first-order chi connectivity index (χ1) is 11.1. The van der Waals surface area contributed by atoms with Crippen molar-refractivity contribution < 1.29 is 13.6 Å². The maximum Gasteiger partial charge on any atom is 0.315 e. The maximum absolute atomic E-state index is 13.2. The first kappa shape index (κ1) is 15.0. The molecule has 0 bridgehead atoms. The molecule has 0 fully saturated rings. The molecule has 0 aliphatic heterocycles. The van der Waals surface area contributed by atoms with Gasteiger partial charge in [-0.05, 0) is 43.3 Å². The molecule has 0 aliphatic carbocycles. The van der Waals surface area contributed by atoms with Gasteiger partial charge in [0.1, 0.15) is 17.2 Å². The number of amides is 2. The Morgan fingerprint density at radius 2 is 2.17 bits per heavy atom. The molecule has 3 rings (SSSR count). The van der Waals surface area contributed by atoms with E-state index in [1.807, 2.05) is 18.2 Å². The van der Waals surface area contributed by atoms with Crippen molar-refractivity contribution in [3.05, 3.63) is 65.9 Å². The maximum atomic E-state index is 13.2. The summed E-state index contributed by atoms with van der Waals surface area (Å²) in [5.41, 5.74) is 1.36. The zero-order chi connectivity index (χ0) is 16.2. The van der Waals surface area contributed by atoms with Crippen molar-refractivity contribution in [2.24, 2.45) is 0 Å². The van der Waals surface area contributed by atoms with Gasteiger partial charge in [-0.2, -0.15) is 0 Å². The molecule has 2 amide bonds. The molecule has 0 aliphatic rings. The number of carbonyl (C=O) groups excluding carboxylic acids is 1. The predicted octanol–water partition coefficient (Wildman–Crippen LogP) is 3.53. The molecule has 0 saturated carbocycles. The lowest BCUT2D eigenvalue weighted by molar-refractivity contribution is 0.236. The molecular weight excluding hydrogens is 297 g/mol. The van der Waals surface area contributed by atoms with E-state index in [0.29, 0.717) is 23.3 Å². The lowest BCUT2D eigenvalue weighted by Gasteiger charge is -2.12. The highest BCUT2D eigenvalue weighted by atomic mass is 19.1. The van der Waals surface area contributed by atoms with Crippen molar-refractivity contribution >= 4 is 17.0 Å². The molecule has 2 aromatic heterocycles. The van der Waals surface area contributed by atoms with Crippen LogP contribution >= 0.6 is 0 Å². The Kier molecular flexibility index (Phi) is 4.23. The topological polar surface area (TPSA) is 67.2 Å². The highest BCUT2D eigenvalue weighted by Crippen LogP contribution is 2.24. The van der Waals surface area contributed by atoms with Gasteiger partial charge in [0.25, 0.3) is 0 Å². The molecule has 0 unspecified atom stereocenters. The van der Waals surface area contributed by atoms with Gasteiger partial charge >= 0.3 is 6.03 Å². The van der Waals surface area contributed by atoms with Crippen LogP contribution in [0.5, 0.6) is 0 Å². The van der Waals surface area contributed by atoms with Gasteiger partial charge in [-0.15, -0.1) is 0 Å². The minimum atomic E-state index is -0.339. The Hall–Kier alpha value is -2.89. The first-order valence-corrected chi connectivity index (χ1v) is 7.25. The third-order valence-electron chi connectivity index (χ3n) is 3.43. The van der Waals surface area contributed by atoms with Crippen molar-refractivity contribution in [2.75, 3.05) is 0 Å². The number of hydrogen-bond acceptors (Lipinski definition) is 3. The van der Waals surface area contributed by atoms with Crippen LogP contribution < -0.4 is 10.6 Å². The van der Waals surface area contributed by atoms with Gasteiger partial charge in [-0.25, -0.2) is 9.18 Å². The Labute approximate surface area is 132 Å². The zero-order valence-electron chi connectivity index (χ0n) is 12.5. The van der Waals surface area contributed by atoms with E-state index in [0.717, 1.165) is 5.69 Å². The normalized spacial score (nSPS) is 12.1. The summed E-state index contributed by atoms with van der Waals surface area (Å²) in [6, 6.07) is 10.9. The highest BCUT2D eigenvalue weighted by molar-refractivity contribution is 5.78. The zero-order valence-corrected chi connectivity index (χ0v) is 12.5. The number of carbonyl (C=O) groups is 1. The lowest BCUT2D eigenvalue weighted by Crippen LogP contribution is -2.36. The number of aromatic nitrogens is 1. The van der Waals surface area contributed by atoms with Crippen LogP contribution in [0.3, 0.4) is 0 Å². The SMILES string of the molecule is C[C@H](NC(=O)NCc1ccccn1)c1cc2cc(F)ccc2o1. The molecule has 0 saturated heterocycles. The van der Waals surface area contributed by atoms with Crippen LogP contribution in [0.15, 0.2) is 53.1 Å². The minimum Gasteiger partial charge on any atom is -0.459 e. The molecule has 0 spiro atoms. The summed E-state index contributed by atoms with van der Waals surface area (Å²) in [6.45, 7) is 2.14. The number of urea groups is 1. The molecule has 3 aromatic rings. The summed E-state index contributed by atoms with van der Waals surface area (Å²) in [5, 5.41) is 6.17. The average molecular weight is 313 g/mol. The lowest BCUT2D eigenvalue weighted by atomic mass is 10.2. The molecular formula is C17H16FN3O2. The molecule has 23 heavy (non-hydrogen) atoms. The first-order valence-electron chi connectivity index (χ1n) is 7.25. The number of furan rings is 1. The van der Waals surface area contributed by atoms with E-state index in [9.17, 15) is 9.18 Å². The number of rotatable bonds is 4. The third-order valence-corrected chi connectivity index (χ3v) is 3.43. The van der Waals surface area contributed by atoms with E-state index in [1.165, 1.54) is 12.1 Å². The summed E-state index contributed by atoms with van der Waals surface area (Å²) in [7, 11) is 0. The van der Waals surface area contributed by atoms with Crippen molar-refractivity contribution in [3.8, 4) is 0 Å². The van der Waals surface area contributed by atoms with Crippen LogP contribution in [0.25, 0.3) is 11.0 Å². The Bertz CT molecular complexity index is 817. The Morgan fingerprint density at radius 3 is 2.96 bits per heavy atom. The molecule has 1 aromatic carbocycles. The fraction of sp³-hybridized carbons (Fsp3) is 0.176. The van der Waals surface area contributed by atoms with Gasteiger partial charge in [-0.1, -0.05) is 6.07 Å². The summed E-state index contributed by atoms with van der Waals surface area (Å²) in [5.74, 6) is 0.247. The Balaban J connectivity index is 1.61. The van der Waals surface area contributed by atoms with Crippen molar-refractivity contribution in [2.45, 2.75) is 19.5 Å². The van der Waals surface area contributed by atoms with Crippen LogP contribution in [0, 0.1) is 5.82 Å². The van der Waals surface area contributed by atoms with E-state index < -0.39 is 0 Å².